The summed E-state index contributed by atoms with van der Waals surface area (Å²) >= 11 is 12.5. The molecular weight excluding hydrogens is 495 g/mol. The van der Waals surface area contributed by atoms with Crippen LogP contribution in [0.2, 0.25) is 10.0 Å². The van der Waals surface area contributed by atoms with Crippen LogP contribution >= 0.6 is 23.2 Å². The number of benzene rings is 2. The first-order valence-corrected chi connectivity index (χ1v) is 12.9. The SMILES string of the molecule is CC(c1ccc(Cl)cc1)C(C)C(c1ccccn1)[C@H]1NC(=O)[C@@H](CC(=O)O)C[C@@H]1c1cccc(Cl)c1. The standard InChI is InChI=1S/C29H30Cl2N2O3/c1-17(19-9-11-22(30)12-10-19)18(2)27(25-8-3-4-13-32-25)28-24(20-6-5-7-23(31)14-20)15-21(16-26(34)35)29(36)33-28/h3-14,17-18,21,24,27-28H,15-16H2,1-2H3,(H,33,36)(H,34,35)/t17?,18?,21-,24-,27?,28+/m1/s1. The Labute approximate surface area is 221 Å². The number of rotatable bonds is 8. The van der Waals surface area contributed by atoms with E-state index < -0.39 is 11.9 Å². The summed E-state index contributed by atoms with van der Waals surface area (Å²) < 4.78 is 0. The Morgan fingerprint density at radius 1 is 1.06 bits per heavy atom. The lowest BCUT2D eigenvalue weighted by Gasteiger charge is -2.44. The van der Waals surface area contributed by atoms with Gasteiger partial charge in [-0.1, -0.05) is 67.4 Å². The number of amides is 1. The highest BCUT2D eigenvalue weighted by molar-refractivity contribution is 6.30. The first-order chi connectivity index (χ1) is 17.2. The molecular formula is C29H30Cl2N2O3. The lowest BCUT2D eigenvalue weighted by molar-refractivity contribution is -0.142. The molecule has 1 aromatic heterocycles. The maximum absolute atomic E-state index is 13.2. The van der Waals surface area contributed by atoms with Gasteiger partial charge in [-0.15, -0.1) is 0 Å². The monoisotopic (exact) mass is 524 g/mol. The van der Waals surface area contributed by atoms with Crippen molar-refractivity contribution in [2.45, 2.75) is 50.5 Å². The second kappa shape index (κ2) is 11.4. The number of aliphatic carboxylic acids is 1. The Morgan fingerprint density at radius 3 is 2.44 bits per heavy atom. The summed E-state index contributed by atoms with van der Waals surface area (Å²) in [5.41, 5.74) is 3.02. The molecule has 0 spiro atoms. The molecule has 1 aliphatic rings. The molecule has 2 N–H and O–H groups in total. The number of aromatic nitrogens is 1. The van der Waals surface area contributed by atoms with Crippen molar-refractivity contribution < 1.29 is 14.7 Å². The molecule has 1 fully saturated rings. The van der Waals surface area contributed by atoms with E-state index in [9.17, 15) is 14.7 Å². The topological polar surface area (TPSA) is 79.3 Å². The van der Waals surface area contributed by atoms with Crippen molar-refractivity contribution in [3.8, 4) is 0 Å². The number of carboxylic acid groups (broad SMARTS) is 1. The lowest BCUT2D eigenvalue weighted by Crippen LogP contribution is -2.53. The van der Waals surface area contributed by atoms with E-state index in [1.807, 2.05) is 66.7 Å². The molecule has 6 atom stereocenters. The van der Waals surface area contributed by atoms with Crippen LogP contribution in [-0.4, -0.2) is 28.0 Å². The van der Waals surface area contributed by atoms with E-state index in [2.05, 4.69) is 19.2 Å². The van der Waals surface area contributed by atoms with Crippen LogP contribution in [0.4, 0.5) is 0 Å². The molecule has 0 saturated carbocycles. The quantitative estimate of drug-likeness (QED) is 0.344. The molecule has 0 radical (unpaired) electrons. The number of carbonyl (C=O) groups is 2. The maximum atomic E-state index is 13.2. The maximum Gasteiger partial charge on any atom is 0.304 e. The van der Waals surface area contributed by atoms with Crippen molar-refractivity contribution in [2.75, 3.05) is 0 Å². The van der Waals surface area contributed by atoms with E-state index >= 15 is 0 Å². The molecule has 3 unspecified atom stereocenters. The fourth-order valence-corrected chi connectivity index (χ4v) is 5.81. The van der Waals surface area contributed by atoms with E-state index in [-0.39, 0.29) is 42.0 Å². The number of nitrogens with one attached hydrogen (secondary N) is 1. The molecule has 1 aliphatic heterocycles. The van der Waals surface area contributed by atoms with E-state index in [1.54, 1.807) is 6.20 Å². The minimum absolute atomic E-state index is 0.0871. The van der Waals surface area contributed by atoms with Crippen LogP contribution < -0.4 is 5.32 Å². The number of carboxylic acids is 1. The molecule has 1 saturated heterocycles. The normalized spacial score (nSPS) is 22.3. The van der Waals surface area contributed by atoms with Crippen LogP contribution in [-0.2, 0) is 9.59 Å². The summed E-state index contributed by atoms with van der Waals surface area (Å²) in [7, 11) is 0. The minimum Gasteiger partial charge on any atom is -0.481 e. The number of carbonyl (C=O) groups excluding carboxylic acids is 1. The molecule has 36 heavy (non-hydrogen) atoms. The van der Waals surface area contributed by atoms with E-state index in [1.165, 1.54) is 0 Å². The van der Waals surface area contributed by atoms with Crippen LogP contribution in [0.25, 0.3) is 0 Å². The van der Waals surface area contributed by atoms with Gasteiger partial charge in [0, 0.05) is 45.7 Å². The van der Waals surface area contributed by atoms with Crippen LogP contribution in [0, 0.1) is 11.8 Å². The van der Waals surface area contributed by atoms with Crippen molar-refractivity contribution in [3.63, 3.8) is 0 Å². The Hall–Kier alpha value is -2.89. The average molecular weight is 525 g/mol. The third-order valence-electron chi connectivity index (χ3n) is 7.52. The molecule has 188 valence electrons. The van der Waals surface area contributed by atoms with E-state index in [0.717, 1.165) is 16.8 Å². The predicted octanol–water partition coefficient (Wildman–Crippen LogP) is 6.68. The van der Waals surface area contributed by atoms with Crippen molar-refractivity contribution in [3.05, 3.63) is 99.8 Å². The third kappa shape index (κ3) is 5.91. The first kappa shape index (κ1) is 26.2. The summed E-state index contributed by atoms with van der Waals surface area (Å²) in [5.74, 6) is -1.85. The molecule has 7 heteroatoms. The highest BCUT2D eigenvalue weighted by atomic mass is 35.5. The van der Waals surface area contributed by atoms with Crippen molar-refractivity contribution in [2.24, 2.45) is 11.8 Å². The number of piperidine rings is 1. The fourth-order valence-electron chi connectivity index (χ4n) is 5.48. The Bertz CT molecular complexity index is 1200. The minimum atomic E-state index is -0.982. The molecule has 2 heterocycles. The summed E-state index contributed by atoms with van der Waals surface area (Å²) in [6.07, 6.45) is 1.99. The molecule has 5 nitrogen and oxygen atoms in total. The number of hydrogen-bond acceptors (Lipinski definition) is 3. The Morgan fingerprint density at radius 2 is 1.81 bits per heavy atom. The molecule has 3 aromatic rings. The van der Waals surface area contributed by atoms with Crippen LogP contribution in [0.1, 0.15) is 61.3 Å². The van der Waals surface area contributed by atoms with Gasteiger partial charge in [-0.25, -0.2) is 0 Å². The Kier molecular flexibility index (Phi) is 8.32. The molecule has 1 amide bonds. The zero-order valence-corrected chi connectivity index (χ0v) is 21.8. The van der Waals surface area contributed by atoms with Gasteiger partial charge in [0.1, 0.15) is 0 Å². The van der Waals surface area contributed by atoms with E-state index in [0.29, 0.717) is 16.5 Å². The zero-order valence-electron chi connectivity index (χ0n) is 20.3. The van der Waals surface area contributed by atoms with Gasteiger partial charge in [0.25, 0.3) is 0 Å². The number of hydrogen-bond donors (Lipinski definition) is 2. The average Bonchev–Trinajstić information content (AvgIpc) is 2.86. The van der Waals surface area contributed by atoms with Gasteiger partial charge in [0.05, 0.1) is 6.42 Å². The van der Waals surface area contributed by atoms with Crippen molar-refractivity contribution in [1.29, 1.82) is 0 Å². The van der Waals surface area contributed by atoms with Crippen LogP contribution in [0.5, 0.6) is 0 Å². The van der Waals surface area contributed by atoms with Gasteiger partial charge in [-0.2, -0.15) is 0 Å². The second-order valence-corrected chi connectivity index (χ2v) is 10.6. The fraction of sp³-hybridized carbons (Fsp3) is 0.345. The molecule has 0 aliphatic carbocycles. The number of halogens is 2. The first-order valence-electron chi connectivity index (χ1n) is 12.2. The highest BCUT2D eigenvalue weighted by Crippen LogP contribution is 2.45. The Balaban J connectivity index is 1.78. The number of pyridine rings is 1. The summed E-state index contributed by atoms with van der Waals surface area (Å²) in [5, 5.41) is 13.9. The molecule has 0 bridgehead atoms. The van der Waals surface area contributed by atoms with E-state index in [4.69, 9.17) is 28.2 Å². The van der Waals surface area contributed by atoms with Crippen LogP contribution in [0.15, 0.2) is 72.9 Å². The zero-order chi connectivity index (χ0) is 25.8. The van der Waals surface area contributed by atoms with Gasteiger partial charge >= 0.3 is 5.97 Å². The predicted molar refractivity (Wildman–Crippen MR) is 142 cm³/mol. The van der Waals surface area contributed by atoms with Crippen molar-refractivity contribution in [1.82, 2.24) is 10.3 Å². The van der Waals surface area contributed by atoms with Gasteiger partial charge in [0.15, 0.2) is 0 Å². The smallest absolute Gasteiger partial charge is 0.304 e. The van der Waals surface area contributed by atoms with Crippen molar-refractivity contribution >= 4 is 35.1 Å². The summed E-state index contributed by atoms with van der Waals surface area (Å²) in [6.45, 7) is 4.36. The summed E-state index contributed by atoms with van der Waals surface area (Å²) in [6, 6.07) is 21.0. The van der Waals surface area contributed by atoms with Gasteiger partial charge in [0.2, 0.25) is 5.91 Å². The van der Waals surface area contributed by atoms with Crippen LogP contribution in [0.3, 0.4) is 0 Å². The number of nitrogens with zero attached hydrogens (tertiary/aromatic N) is 1. The molecule has 2 aromatic carbocycles. The van der Waals surface area contributed by atoms with Gasteiger partial charge in [-0.3, -0.25) is 14.6 Å². The lowest BCUT2D eigenvalue weighted by atomic mass is 9.67. The summed E-state index contributed by atoms with van der Waals surface area (Å²) in [4.78, 5) is 29.4. The second-order valence-electron chi connectivity index (χ2n) is 9.71. The van der Waals surface area contributed by atoms with Gasteiger partial charge < -0.3 is 10.4 Å². The largest absolute Gasteiger partial charge is 0.481 e. The molecule has 4 rings (SSSR count). The highest BCUT2D eigenvalue weighted by Gasteiger charge is 2.44. The third-order valence-corrected chi connectivity index (χ3v) is 8.00. The van der Waals surface area contributed by atoms with Gasteiger partial charge in [-0.05, 0) is 65.8 Å².